The van der Waals surface area contributed by atoms with Crippen molar-refractivity contribution < 1.29 is 9.59 Å². The summed E-state index contributed by atoms with van der Waals surface area (Å²) in [7, 11) is 0. The minimum Gasteiger partial charge on any atom is -0.348 e. The van der Waals surface area contributed by atoms with E-state index in [1.807, 2.05) is 41.3 Å². The lowest BCUT2D eigenvalue weighted by Gasteiger charge is -2.30. The van der Waals surface area contributed by atoms with Crippen LogP contribution in [-0.4, -0.2) is 18.4 Å². The number of nitrogens with zero attached hydrogens (tertiary/aromatic N) is 1. The van der Waals surface area contributed by atoms with Crippen molar-refractivity contribution >= 4 is 17.5 Å². The highest BCUT2D eigenvalue weighted by Crippen LogP contribution is 2.29. The van der Waals surface area contributed by atoms with Gasteiger partial charge in [0, 0.05) is 30.8 Å². The first-order valence-electron chi connectivity index (χ1n) is 10.7. The zero-order chi connectivity index (χ0) is 21.0. The number of rotatable bonds is 6. The van der Waals surface area contributed by atoms with E-state index >= 15 is 0 Å². The molecule has 1 N–H and O–H groups in total. The standard InChI is InChI=1S/C25H32N2O2/c1-17(2)14-24(28)27-13-5-6-22-15-19(7-12-23(22)27)16-26-25(29)21-10-8-20(9-11-21)18(3)4/h7-12,15,17-18H,5-6,13-14,16H2,1-4H3,(H,26,29). The smallest absolute Gasteiger partial charge is 0.251 e. The second-order valence-corrected chi connectivity index (χ2v) is 8.67. The van der Waals surface area contributed by atoms with E-state index in [0.29, 0.717) is 30.4 Å². The molecule has 0 aromatic heterocycles. The van der Waals surface area contributed by atoms with Crippen molar-refractivity contribution in [1.29, 1.82) is 0 Å². The van der Waals surface area contributed by atoms with E-state index in [0.717, 1.165) is 30.6 Å². The Hall–Kier alpha value is -2.62. The maximum Gasteiger partial charge on any atom is 0.251 e. The number of hydrogen-bond donors (Lipinski definition) is 1. The molecule has 0 unspecified atom stereocenters. The third kappa shape index (κ3) is 5.26. The molecule has 2 amide bonds. The zero-order valence-corrected chi connectivity index (χ0v) is 18.0. The topological polar surface area (TPSA) is 49.4 Å². The molecular weight excluding hydrogens is 360 g/mol. The summed E-state index contributed by atoms with van der Waals surface area (Å²) in [6, 6.07) is 14.0. The van der Waals surface area contributed by atoms with Gasteiger partial charge in [-0.2, -0.15) is 0 Å². The minimum atomic E-state index is -0.0632. The molecular formula is C25H32N2O2. The normalized spacial score (nSPS) is 13.5. The summed E-state index contributed by atoms with van der Waals surface area (Å²) in [5.74, 6) is 0.949. The molecule has 4 nitrogen and oxygen atoms in total. The van der Waals surface area contributed by atoms with Crippen LogP contribution in [0.25, 0.3) is 0 Å². The van der Waals surface area contributed by atoms with Crippen LogP contribution in [0.1, 0.15) is 73.5 Å². The average Bonchev–Trinajstić information content (AvgIpc) is 2.70. The number of hydrogen-bond acceptors (Lipinski definition) is 2. The molecule has 0 saturated carbocycles. The monoisotopic (exact) mass is 392 g/mol. The second-order valence-electron chi connectivity index (χ2n) is 8.67. The number of benzene rings is 2. The van der Waals surface area contributed by atoms with Crippen LogP contribution in [0, 0.1) is 5.92 Å². The van der Waals surface area contributed by atoms with E-state index in [9.17, 15) is 9.59 Å². The van der Waals surface area contributed by atoms with Crippen molar-refractivity contribution in [3.05, 3.63) is 64.7 Å². The van der Waals surface area contributed by atoms with E-state index in [1.165, 1.54) is 11.1 Å². The van der Waals surface area contributed by atoms with Gasteiger partial charge in [0.2, 0.25) is 5.91 Å². The molecule has 0 saturated heterocycles. The quantitative estimate of drug-likeness (QED) is 0.746. The Morgan fingerprint density at radius 3 is 2.41 bits per heavy atom. The zero-order valence-electron chi connectivity index (χ0n) is 18.0. The first-order valence-corrected chi connectivity index (χ1v) is 10.7. The summed E-state index contributed by atoms with van der Waals surface area (Å²) in [4.78, 5) is 27.0. The van der Waals surface area contributed by atoms with Crippen LogP contribution in [0.4, 0.5) is 5.69 Å². The molecule has 29 heavy (non-hydrogen) atoms. The lowest BCUT2D eigenvalue weighted by atomic mass is 9.98. The fourth-order valence-electron chi connectivity index (χ4n) is 3.78. The molecule has 0 radical (unpaired) electrons. The van der Waals surface area contributed by atoms with Crippen molar-refractivity contribution in [2.45, 2.75) is 59.4 Å². The molecule has 1 aliphatic rings. The number of nitrogens with one attached hydrogen (secondary N) is 1. The Morgan fingerprint density at radius 2 is 1.76 bits per heavy atom. The van der Waals surface area contributed by atoms with Crippen molar-refractivity contribution in [3.63, 3.8) is 0 Å². The molecule has 2 aromatic rings. The third-order valence-corrected chi connectivity index (χ3v) is 5.44. The highest BCUT2D eigenvalue weighted by atomic mass is 16.2. The molecule has 0 bridgehead atoms. The van der Waals surface area contributed by atoms with Gasteiger partial charge in [0.1, 0.15) is 0 Å². The van der Waals surface area contributed by atoms with Gasteiger partial charge in [0.05, 0.1) is 0 Å². The van der Waals surface area contributed by atoms with Gasteiger partial charge in [0.15, 0.2) is 0 Å². The number of anilines is 1. The second kappa shape index (κ2) is 9.25. The number of amides is 2. The van der Waals surface area contributed by atoms with E-state index in [4.69, 9.17) is 0 Å². The molecule has 0 atom stereocenters. The fraction of sp³-hybridized carbons (Fsp3) is 0.440. The highest BCUT2D eigenvalue weighted by molar-refractivity contribution is 5.95. The van der Waals surface area contributed by atoms with Gasteiger partial charge in [-0.05, 0) is 59.6 Å². The van der Waals surface area contributed by atoms with Crippen molar-refractivity contribution in [1.82, 2.24) is 5.32 Å². The third-order valence-electron chi connectivity index (χ3n) is 5.44. The molecule has 154 valence electrons. The van der Waals surface area contributed by atoms with Crippen molar-refractivity contribution in [2.24, 2.45) is 5.92 Å². The Kier molecular flexibility index (Phi) is 6.73. The van der Waals surface area contributed by atoms with E-state index in [2.05, 4.69) is 39.1 Å². The van der Waals surface area contributed by atoms with Crippen LogP contribution in [0.5, 0.6) is 0 Å². The molecule has 4 heteroatoms. The summed E-state index contributed by atoms with van der Waals surface area (Å²) in [6.07, 6.45) is 2.53. The van der Waals surface area contributed by atoms with Crippen LogP contribution in [0.3, 0.4) is 0 Å². The lowest BCUT2D eigenvalue weighted by molar-refractivity contribution is -0.119. The van der Waals surface area contributed by atoms with Gasteiger partial charge in [-0.3, -0.25) is 9.59 Å². The van der Waals surface area contributed by atoms with Gasteiger partial charge in [-0.1, -0.05) is 52.0 Å². The van der Waals surface area contributed by atoms with Gasteiger partial charge in [0.25, 0.3) is 5.91 Å². The molecule has 0 fully saturated rings. The number of carbonyl (C=O) groups excluding carboxylic acids is 2. The van der Waals surface area contributed by atoms with Crippen LogP contribution < -0.4 is 10.2 Å². The Morgan fingerprint density at radius 1 is 1.03 bits per heavy atom. The predicted octanol–water partition coefficient (Wildman–Crippen LogP) is 5.07. The molecule has 1 heterocycles. The molecule has 0 spiro atoms. The summed E-state index contributed by atoms with van der Waals surface area (Å²) in [5, 5.41) is 3.01. The maximum absolute atomic E-state index is 12.6. The van der Waals surface area contributed by atoms with Crippen LogP contribution in [0.15, 0.2) is 42.5 Å². The van der Waals surface area contributed by atoms with Crippen LogP contribution in [0.2, 0.25) is 0 Å². The first kappa shape index (κ1) is 21.1. The first-order chi connectivity index (χ1) is 13.8. The lowest BCUT2D eigenvalue weighted by Crippen LogP contribution is -2.36. The summed E-state index contributed by atoms with van der Waals surface area (Å²) in [5.41, 5.74) is 5.20. The summed E-state index contributed by atoms with van der Waals surface area (Å²) < 4.78 is 0. The summed E-state index contributed by atoms with van der Waals surface area (Å²) >= 11 is 0. The van der Waals surface area contributed by atoms with Gasteiger partial charge < -0.3 is 10.2 Å². The minimum absolute atomic E-state index is 0.0632. The Bertz CT molecular complexity index is 869. The number of aryl methyl sites for hydroxylation is 1. The fourth-order valence-corrected chi connectivity index (χ4v) is 3.78. The van der Waals surface area contributed by atoms with Crippen LogP contribution >= 0.6 is 0 Å². The highest BCUT2D eigenvalue weighted by Gasteiger charge is 2.23. The summed E-state index contributed by atoms with van der Waals surface area (Å²) in [6.45, 7) is 9.71. The van der Waals surface area contributed by atoms with Gasteiger partial charge in [-0.15, -0.1) is 0 Å². The largest absolute Gasteiger partial charge is 0.348 e. The van der Waals surface area contributed by atoms with Crippen molar-refractivity contribution in [2.75, 3.05) is 11.4 Å². The Balaban J connectivity index is 1.65. The number of carbonyl (C=O) groups is 2. The SMILES string of the molecule is CC(C)CC(=O)N1CCCc2cc(CNC(=O)c3ccc(C(C)C)cc3)ccc21. The molecule has 0 aliphatic carbocycles. The number of fused-ring (bicyclic) bond motifs is 1. The molecule has 2 aromatic carbocycles. The van der Waals surface area contributed by atoms with Crippen molar-refractivity contribution in [3.8, 4) is 0 Å². The van der Waals surface area contributed by atoms with Gasteiger partial charge in [-0.25, -0.2) is 0 Å². The average molecular weight is 393 g/mol. The maximum atomic E-state index is 12.6. The van der Waals surface area contributed by atoms with Gasteiger partial charge >= 0.3 is 0 Å². The van der Waals surface area contributed by atoms with E-state index in [-0.39, 0.29) is 11.8 Å². The molecule has 1 aliphatic heterocycles. The van der Waals surface area contributed by atoms with E-state index in [1.54, 1.807) is 0 Å². The van der Waals surface area contributed by atoms with E-state index < -0.39 is 0 Å². The molecule has 3 rings (SSSR count). The Labute approximate surface area is 174 Å². The predicted molar refractivity (Wildman–Crippen MR) is 118 cm³/mol. The van der Waals surface area contributed by atoms with Crippen LogP contribution in [-0.2, 0) is 17.8 Å².